The first-order chi connectivity index (χ1) is 12.6. The molecule has 0 bridgehead atoms. The standard InChI is InChI=1S/C19H20ClFN4O/c1-2-22-7-5-13-11-15-14(6-8-23-19(15)24-13)18(25-26)10-12-3-4-17(21)16(20)9-12/h3-4,6,8-9,22,26H,2,5,7,10-11H2,1H3/b25-18+. The molecule has 0 radical (unpaired) electrons. The summed E-state index contributed by atoms with van der Waals surface area (Å²) in [5.41, 5.74) is 4.07. The molecule has 0 saturated carbocycles. The molecule has 7 heteroatoms. The summed E-state index contributed by atoms with van der Waals surface area (Å²) in [6.07, 6.45) is 3.53. The van der Waals surface area contributed by atoms with E-state index in [-0.39, 0.29) is 5.02 Å². The Labute approximate surface area is 156 Å². The van der Waals surface area contributed by atoms with Gasteiger partial charge in [-0.05, 0) is 36.7 Å². The van der Waals surface area contributed by atoms with E-state index in [2.05, 4.69) is 27.4 Å². The van der Waals surface area contributed by atoms with Crippen LogP contribution in [0.15, 0.2) is 40.6 Å². The van der Waals surface area contributed by atoms with Gasteiger partial charge in [0.05, 0.1) is 10.7 Å². The Kier molecular flexibility index (Phi) is 5.96. The van der Waals surface area contributed by atoms with Crippen molar-refractivity contribution in [3.8, 4) is 0 Å². The zero-order valence-electron chi connectivity index (χ0n) is 14.5. The van der Waals surface area contributed by atoms with E-state index >= 15 is 0 Å². The van der Waals surface area contributed by atoms with Crippen molar-refractivity contribution in [1.29, 1.82) is 0 Å². The summed E-state index contributed by atoms with van der Waals surface area (Å²) in [6.45, 7) is 3.86. The van der Waals surface area contributed by atoms with E-state index in [1.807, 2.05) is 6.07 Å². The van der Waals surface area contributed by atoms with Crippen LogP contribution in [0.3, 0.4) is 0 Å². The summed E-state index contributed by atoms with van der Waals surface area (Å²) in [4.78, 5) is 8.92. The SMILES string of the molecule is CCNCCC1=Nc2nccc(/C(Cc3ccc(F)c(Cl)c3)=N/O)c2C1. The predicted molar refractivity (Wildman–Crippen MR) is 102 cm³/mol. The van der Waals surface area contributed by atoms with Gasteiger partial charge in [0.2, 0.25) is 0 Å². The third kappa shape index (κ3) is 4.08. The Morgan fingerprint density at radius 2 is 2.23 bits per heavy atom. The van der Waals surface area contributed by atoms with Gasteiger partial charge >= 0.3 is 0 Å². The smallest absolute Gasteiger partial charge is 0.155 e. The van der Waals surface area contributed by atoms with Gasteiger partial charge in [-0.15, -0.1) is 0 Å². The molecule has 1 aliphatic rings. The molecular formula is C19H20ClFN4O. The highest BCUT2D eigenvalue weighted by atomic mass is 35.5. The molecule has 0 unspecified atom stereocenters. The summed E-state index contributed by atoms with van der Waals surface area (Å²) >= 11 is 5.85. The molecule has 0 spiro atoms. The molecule has 2 heterocycles. The second-order valence-corrected chi connectivity index (χ2v) is 6.50. The predicted octanol–water partition coefficient (Wildman–Crippen LogP) is 3.92. The molecule has 0 amide bonds. The first kappa shape index (κ1) is 18.5. The molecule has 0 aliphatic carbocycles. The average molecular weight is 375 g/mol. The molecule has 1 aromatic heterocycles. The maximum absolute atomic E-state index is 13.4. The van der Waals surface area contributed by atoms with Crippen LogP contribution in [0, 0.1) is 5.82 Å². The lowest BCUT2D eigenvalue weighted by Gasteiger charge is -2.10. The van der Waals surface area contributed by atoms with E-state index in [1.54, 1.807) is 18.3 Å². The van der Waals surface area contributed by atoms with Crippen molar-refractivity contribution < 1.29 is 9.60 Å². The maximum Gasteiger partial charge on any atom is 0.155 e. The molecule has 0 fully saturated rings. The van der Waals surface area contributed by atoms with Crippen LogP contribution in [-0.2, 0) is 12.8 Å². The Hall–Kier alpha value is -2.31. The highest BCUT2D eigenvalue weighted by molar-refractivity contribution is 6.30. The van der Waals surface area contributed by atoms with Gasteiger partial charge in [-0.25, -0.2) is 14.4 Å². The molecule has 1 aliphatic heterocycles. The number of nitrogens with zero attached hydrogens (tertiary/aromatic N) is 3. The summed E-state index contributed by atoms with van der Waals surface area (Å²) in [5, 5.41) is 16.4. The van der Waals surface area contributed by atoms with Crippen molar-refractivity contribution in [2.75, 3.05) is 13.1 Å². The lowest BCUT2D eigenvalue weighted by atomic mass is 9.96. The van der Waals surface area contributed by atoms with E-state index in [4.69, 9.17) is 11.6 Å². The number of pyridine rings is 1. The van der Waals surface area contributed by atoms with Crippen molar-refractivity contribution in [3.63, 3.8) is 0 Å². The van der Waals surface area contributed by atoms with Gasteiger partial charge in [0.25, 0.3) is 0 Å². The third-order valence-corrected chi connectivity index (χ3v) is 4.60. The van der Waals surface area contributed by atoms with Crippen molar-refractivity contribution in [1.82, 2.24) is 10.3 Å². The monoisotopic (exact) mass is 374 g/mol. The van der Waals surface area contributed by atoms with Gasteiger partial charge in [-0.1, -0.05) is 29.7 Å². The number of fused-ring (bicyclic) bond motifs is 1. The Morgan fingerprint density at radius 1 is 1.38 bits per heavy atom. The van der Waals surface area contributed by atoms with Crippen LogP contribution in [-0.4, -0.2) is 34.7 Å². The van der Waals surface area contributed by atoms with Crippen molar-refractivity contribution in [2.24, 2.45) is 10.1 Å². The average Bonchev–Trinajstić information content (AvgIpc) is 3.06. The summed E-state index contributed by atoms with van der Waals surface area (Å²) in [5.74, 6) is 0.203. The zero-order chi connectivity index (χ0) is 18.5. The van der Waals surface area contributed by atoms with Crippen molar-refractivity contribution >= 4 is 28.8 Å². The van der Waals surface area contributed by atoms with Gasteiger partial charge in [-0.3, -0.25) is 0 Å². The number of hydrogen-bond acceptors (Lipinski definition) is 5. The Bertz CT molecular complexity index is 867. The van der Waals surface area contributed by atoms with Gasteiger partial charge < -0.3 is 10.5 Å². The normalized spacial score (nSPS) is 13.7. The highest BCUT2D eigenvalue weighted by Gasteiger charge is 2.22. The molecule has 3 rings (SSSR count). The lowest BCUT2D eigenvalue weighted by molar-refractivity contribution is 0.318. The zero-order valence-corrected chi connectivity index (χ0v) is 15.2. The fourth-order valence-electron chi connectivity index (χ4n) is 3.00. The summed E-state index contributed by atoms with van der Waals surface area (Å²) in [7, 11) is 0. The molecular weight excluding hydrogens is 355 g/mol. The number of rotatable bonds is 7. The molecule has 0 atom stereocenters. The van der Waals surface area contributed by atoms with Crippen LogP contribution in [0.5, 0.6) is 0 Å². The molecule has 0 saturated heterocycles. The number of nitrogens with one attached hydrogen (secondary N) is 1. The van der Waals surface area contributed by atoms with Gasteiger partial charge in [0.1, 0.15) is 5.82 Å². The first-order valence-electron chi connectivity index (χ1n) is 8.52. The number of halogens is 2. The minimum atomic E-state index is -0.471. The van der Waals surface area contributed by atoms with Crippen LogP contribution in [0.1, 0.15) is 30.0 Å². The topological polar surface area (TPSA) is 69.9 Å². The van der Waals surface area contributed by atoms with Crippen LogP contribution < -0.4 is 5.32 Å². The molecule has 1 aromatic carbocycles. The summed E-state index contributed by atoms with van der Waals surface area (Å²) < 4.78 is 13.4. The fraction of sp³-hybridized carbons (Fsp3) is 0.316. The maximum atomic E-state index is 13.4. The van der Waals surface area contributed by atoms with Crippen LogP contribution >= 0.6 is 11.6 Å². The van der Waals surface area contributed by atoms with E-state index < -0.39 is 5.82 Å². The van der Waals surface area contributed by atoms with Crippen molar-refractivity contribution in [3.05, 3.63) is 58.0 Å². The largest absolute Gasteiger partial charge is 0.411 e. The molecule has 5 nitrogen and oxygen atoms in total. The van der Waals surface area contributed by atoms with Crippen LogP contribution in [0.2, 0.25) is 5.02 Å². The van der Waals surface area contributed by atoms with Crippen LogP contribution in [0.25, 0.3) is 0 Å². The van der Waals surface area contributed by atoms with Gasteiger partial charge in [0, 0.05) is 42.4 Å². The first-order valence-corrected chi connectivity index (χ1v) is 8.90. The Balaban J connectivity index is 1.80. The van der Waals surface area contributed by atoms with E-state index in [9.17, 15) is 9.60 Å². The number of aromatic nitrogens is 1. The van der Waals surface area contributed by atoms with Gasteiger partial charge in [-0.2, -0.15) is 0 Å². The lowest BCUT2D eigenvalue weighted by Crippen LogP contribution is -2.17. The van der Waals surface area contributed by atoms with E-state index in [0.717, 1.165) is 41.9 Å². The fourth-order valence-corrected chi connectivity index (χ4v) is 3.20. The molecule has 2 aromatic rings. The summed E-state index contributed by atoms with van der Waals surface area (Å²) in [6, 6.07) is 6.31. The number of oxime groups is 1. The number of aliphatic imine (C=N–C) groups is 1. The second kappa shape index (κ2) is 8.38. The minimum absolute atomic E-state index is 0.0498. The van der Waals surface area contributed by atoms with Crippen LogP contribution in [0.4, 0.5) is 10.2 Å². The van der Waals surface area contributed by atoms with Crippen molar-refractivity contribution in [2.45, 2.75) is 26.2 Å². The van der Waals surface area contributed by atoms with E-state index in [1.165, 1.54) is 6.07 Å². The minimum Gasteiger partial charge on any atom is -0.411 e. The second-order valence-electron chi connectivity index (χ2n) is 6.09. The van der Waals surface area contributed by atoms with Gasteiger partial charge in [0.15, 0.2) is 5.82 Å². The third-order valence-electron chi connectivity index (χ3n) is 4.31. The Morgan fingerprint density at radius 3 is 2.96 bits per heavy atom. The quantitative estimate of drug-likeness (QED) is 0.334. The van der Waals surface area contributed by atoms with E-state index in [0.29, 0.717) is 24.4 Å². The number of hydrogen-bond donors (Lipinski definition) is 2. The highest BCUT2D eigenvalue weighted by Crippen LogP contribution is 2.29. The molecule has 136 valence electrons. The molecule has 26 heavy (non-hydrogen) atoms. The number of benzene rings is 1. The molecule has 2 N–H and O–H groups in total.